The number of hydrogen-bond donors (Lipinski definition) is 1. The second kappa shape index (κ2) is 15.3. The van der Waals surface area contributed by atoms with Gasteiger partial charge in [-0.25, -0.2) is 0 Å². The fourth-order valence-electron chi connectivity index (χ4n) is 4.92. The van der Waals surface area contributed by atoms with Crippen LogP contribution in [0.1, 0.15) is 37.8 Å². The van der Waals surface area contributed by atoms with Gasteiger partial charge in [-0.3, -0.25) is 19.5 Å². The SMILES string of the molecule is CC1(C)C(=O)N(c2ccc(C#N)c(C(F)(F)F)c2)C(=S)N1CCCC(=O)NCCOCCOCCOc1cccc2cccnc12. The summed E-state index contributed by atoms with van der Waals surface area (Å²) in [5, 5.41) is 12.9. The number of alkyl halides is 3. The summed E-state index contributed by atoms with van der Waals surface area (Å²) in [5.41, 5.74) is -2.12. The van der Waals surface area contributed by atoms with E-state index in [4.69, 9.17) is 31.7 Å². The Morgan fingerprint density at radius 1 is 1.07 bits per heavy atom. The van der Waals surface area contributed by atoms with Crippen LogP contribution in [-0.2, 0) is 25.2 Å². The van der Waals surface area contributed by atoms with Crippen molar-refractivity contribution in [1.29, 1.82) is 5.26 Å². The summed E-state index contributed by atoms with van der Waals surface area (Å²) in [7, 11) is 0. The standard InChI is InChI=1S/C32H34F3N5O5S/c1-31(2)29(42)40(24-11-10-23(21-36)25(20-24)32(33,34)35)30(46)39(31)14-5-9-27(41)37-13-15-43-16-17-44-18-19-45-26-8-3-6-22-7-4-12-38-28(22)26/h3-4,6-8,10-12,20H,5,9,13-19H2,1-2H3,(H,37,41). The predicted octanol–water partition coefficient (Wildman–Crippen LogP) is 4.85. The second-order valence-electron chi connectivity index (χ2n) is 10.8. The molecule has 0 spiro atoms. The van der Waals surface area contributed by atoms with Crippen molar-refractivity contribution < 1.29 is 37.0 Å². The summed E-state index contributed by atoms with van der Waals surface area (Å²) in [5.74, 6) is -0.0226. The quantitative estimate of drug-likeness (QED) is 0.181. The van der Waals surface area contributed by atoms with Crippen molar-refractivity contribution in [2.75, 3.05) is 51.0 Å². The van der Waals surface area contributed by atoms with Gasteiger partial charge in [0, 0.05) is 31.1 Å². The lowest BCUT2D eigenvalue weighted by atomic mass is 10.0. The number of ether oxygens (including phenoxy) is 3. The van der Waals surface area contributed by atoms with Crippen molar-refractivity contribution in [3.63, 3.8) is 0 Å². The summed E-state index contributed by atoms with van der Waals surface area (Å²) in [6, 6.07) is 14.1. The Morgan fingerprint density at radius 2 is 1.78 bits per heavy atom. The lowest BCUT2D eigenvalue weighted by Crippen LogP contribution is -2.44. The molecule has 2 heterocycles. The highest BCUT2D eigenvalue weighted by atomic mass is 32.1. The first kappa shape index (κ1) is 34.6. The number of thiocarbonyl (C=S) groups is 1. The smallest absolute Gasteiger partial charge is 0.417 e. The number of carbonyl (C=O) groups excluding carboxylic acids is 2. The second-order valence-corrected chi connectivity index (χ2v) is 11.2. The summed E-state index contributed by atoms with van der Waals surface area (Å²) in [4.78, 5) is 32.5. The normalized spacial score (nSPS) is 14.5. The number of nitriles is 1. The molecule has 1 aliphatic rings. The minimum atomic E-state index is -4.78. The Hall–Kier alpha value is -4.32. The molecule has 1 fully saturated rings. The van der Waals surface area contributed by atoms with Gasteiger partial charge in [0.25, 0.3) is 5.91 Å². The maximum Gasteiger partial charge on any atom is 0.417 e. The summed E-state index contributed by atoms with van der Waals surface area (Å²) in [6.45, 7) is 5.53. The van der Waals surface area contributed by atoms with Gasteiger partial charge in [0.05, 0.1) is 49.3 Å². The molecule has 0 aliphatic carbocycles. The van der Waals surface area contributed by atoms with Gasteiger partial charge in [-0.1, -0.05) is 18.2 Å². The third-order valence-corrected chi connectivity index (χ3v) is 7.72. The number of nitrogens with zero attached hydrogens (tertiary/aromatic N) is 4. The van der Waals surface area contributed by atoms with E-state index in [1.165, 1.54) is 12.1 Å². The fraction of sp³-hybridized carbons (Fsp3) is 0.406. The lowest BCUT2D eigenvalue weighted by Gasteiger charge is -2.29. The van der Waals surface area contributed by atoms with Crippen LogP contribution in [0.3, 0.4) is 0 Å². The fourth-order valence-corrected chi connectivity index (χ4v) is 5.42. The van der Waals surface area contributed by atoms with Gasteiger partial charge in [0.2, 0.25) is 5.91 Å². The van der Waals surface area contributed by atoms with Crippen molar-refractivity contribution >= 4 is 45.7 Å². The summed E-state index contributed by atoms with van der Waals surface area (Å²) in [6.07, 6.45) is -2.56. The monoisotopic (exact) mass is 657 g/mol. The van der Waals surface area contributed by atoms with E-state index in [0.29, 0.717) is 51.7 Å². The molecule has 1 aromatic heterocycles. The number of nitrogens with one attached hydrogen (secondary N) is 1. The number of para-hydroxylation sites is 1. The van der Waals surface area contributed by atoms with E-state index < -0.39 is 28.7 Å². The highest BCUT2D eigenvalue weighted by molar-refractivity contribution is 7.80. The lowest BCUT2D eigenvalue weighted by molar-refractivity contribution is -0.137. The van der Waals surface area contributed by atoms with E-state index in [9.17, 15) is 22.8 Å². The van der Waals surface area contributed by atoms with Crippen molar-refractivity contribution in [3.8, 4) is 11.8 Å². The Bertz CT molecular complexity index is 1610. The number of anilines is 1. The number of aromatic nitrogens is 1. The number of fused-ring (bicyclic) bond motifs is 1. The number of halogens is 3. The minimum Gasteiger partial charge on any atom is -0.489 e. The summed E-state index contributed by atoms with van der Waals surface area (Å²) >= 11 is 5.48. The van der Waals surface area contributed by atoms with Crippen LogP contribution in [0.25, 0.3) is 10.9 Å². The molecule has 2 aromatic carbocycles. The van der Waals surface area contributed by atoms with Gasteiger partial charge in [-0.15, -0.1) is 0 Å². The highest BCUT2D eigenvalue weighted by Gasteiger charge is 2.49. The van der Waals surface area contributed by atoms with Crippen molar-refractivity contribution in [1.82, 2.24) is 15.2 Å². The predicted molar refractivity (Wildman–Crippen MR) is 168 cm³/mol. The van der Waals surface area contributed by atoms with E-state index in [1.807, 2.05) is 30.3 Å². The van der Waals surface area contributed by atoms with Crippen LogP contribution in [0.2, 0.25) is 0 Å². The molecule has 0 radical (unpaired) electrons. The van der Waals surface area contributed by atoms with Gasteiger partial charge in [0.1, 0.15) is 23.4 Å². The Morgan fingerprint density at radius 3 is 2.52 bits per heavy atom. The highest BCUT2D eigenvalue weighted by Crippen LogP contribution is 2.38. The summed E-state index contributed by atoms with van der Waals surface area (Å²) < 4.78 is 57.3. The number of rotatable bonds is 15. The molecular formula is C32H34F3N5O5S. The molecule has 10 nitrogen and oxygen atoms in total. The molecule has 3 aromatic rings. The van der Waals surface area contributed by atoms with E-state index in [2.05, 4.69) is 10.3 Å². The molecule has 2 amide bonds. The maximum absolute atomic E-state index is 13.5. The molecule has 0 unspecified atom stereocenters. The first-order valence-corrected chi connectivity index (χ1v) is 15.0. The molecule has 4 rings (SSSR count). The van der Waals surface area contributed by atoms with Gasteiger partial charge in [0.15, 0.2) is 5.11 Å². The average molecular weight is 658 g/mol. The van der Waals surface area contributed by atoms with Crippen molar-refractivity contribution in [2.45, 2.75) is 38.4 Å². The van der Waals surface area contributed by atoms with Crippen LogP contribution in [0, 0.1) is 11.3 Å². The van der Waals surface area contributed by atoms with Crippen LogP contribution < -0.4 is 15.0 Å². The van der Waals surface area contributed by atoms with Gasteiger partial charge in [-0.2, -0.15) is 18.4 Å². The molecule has 46 heavy (non-hydrogen) atoms. The molecule has 1 N–H and O–H groups in total. The first-order chi connectivity index (χ1) is 21.9. The zero-order valence-corrected chi connectivity index (χ0v) is 26.2. The molecule has 0 bridgehead atoms. The third kappa shape index (κ3) is 8.28. The van der Waals surface area contributed by atoms with Gasteiger partial charge in [-0.05, 0) is 62.8 Å². The molecule has 0 saturated carbocycles. The van der Waals surface area contributed by atoms with E-state index in [1.54, 1.807) is 24.9 Å². The van der Waals surface area contributed by atoms with E-state index in [-0.39, 0.29) is 29.7 Å². The molecule has 0 atom stereocenters. The topological polar surface area (TPSA) is 117 Å². The molecule has 1 aliphatic heterocycles. The Labute approximate surface area is 270 Å². The number of hydrogen-bond acceptors (Lipinski definition) is 8. The third-order valence-electron chi connectivity index (χ3n) is 7.32. The van der Waals surface area contributed by atoms with Crippen LogP contribution in [-0.4, -0.2) is 78.5 Å². The van der Waals surface area contributed by atoms with Crippen molar-refractivity contribution in [3.05, 3.63) is 65.9 Å². The molecule has 244 valence electrons. The van der Waals surface area contributed by atoms with E-state index >= 15 is 0 Å². The largest absolute Gasteiger partial charge is 0.489 e. The van der Waals surface area contributed by atoms with E-state index in [0.717, 1.165) is 27.9 Å². The van der Waals surface area contributed by atoms with Gasteiger partial charge < -0.3 is 24.4 Å². The average Bonchev–Trinajstić information content (AvgIpc) is 3.19. The Balaban J connectivity index is 1.11. The number of pyridine rings is 1. The van der Waals surface area contributed by atoms with Crippen LogP contribution in [0.15, 0.2) is 54.7 Å². The minimum absolute atomic E-state index is 0.0287. The maximum atomic E-state index is 13.5. The molecule has 14 heteroatoms. The van der Waals surface area contributed by atoms with Crippen LogP contribution in [0.5, 0.6) is 5.75 Å². The van der Waals surface area contributed by atoms with Crippen molar-refractivity contribution in [2.24, 2.45) is 0 Å². The first-order valence-electron chi connectivity index (χ1n) is 14.6. The number of benzene rings is 2. The van der Waals surface area contributed by atoms with Gasteiger partial charge >= 0.3 is 6.18 Å². The Kier molecular flexibility index (Phi) is 11.5. The molecular weight excluding hydrogens is 623 g/mol. The number of carbonyl (C=O) groups is 2. The molecule has 1 saturated heterocycles. The number of amides is 2. The van der Waals surface area contributed by atoms with Crippen LogP contribution >= 0.6 is 12.2 Å². The zero-order valence-electron chi connectivity index (χ0n) is 25.4. The zero-order chi connectivity index (χ0) is 33.3. The van der Waals surface area contributed by atoms with Crippen LogP contribution in [0.4, 0.5) is 18.9 Å².